The highest BCUT2D eigenvalue weighted by atomic mass is 127. The van der Waals surface area contributed by atoms with E-state index in [4.69, 9.17) is 0 Å². The Morgan fingerprint density at radius 3 is 2.35 bits per heavy atom. The molecule has 0 saturated heterocycles. The van der Waals surface area contributed by atoms with Gasteiger partial charge in [-0.3, -0.25) is 0 Å². The smallest absolute Gasteiger partial charge is 0.0541 e. The molecule has 0 radical (unpaired) electrons. The number of nitrogens with zero attached hydrogens (tertiary/aromatic N) is 1. The van der Waals surface area contributed by atoms with Crippen LogP contribution in [0.15, 0.2) is 85.0 Å². The number of halogens is 1. The molecule has 1 aromatic heterocycles. The van der Waals surface area contributed by atoms with E-state index in [0.29, 0.717) is 0 Å². The van der Waals surface area contributed by atoms with Crippen LogP contribution in [-0.4, -0.2) is 4.57 Å². The van der Waals surface area contributed by atoms with Crippen molar-refractivity contribution in [1.82, 2.24) is 4.57 Å². The fraction of sp³-hybridized carbons (Fsp3) is 0.0833. The molecule has 5 rings (SSSR count). The van der Waals surface area contributed by atoms with Crippen molar-refractivity contribution in [3.05, 3.63) is 94.1 Å². The Labute approximate surface area is 166 Å². The molecule has 2 heteroatoms. The quantitative estimate of drug-likeness (QED) is 0.288. The van der Waals surface area contributed by atoms with Crippen molar-refractivity contribution < 1.29 is 0 Å². The summed E-state index contributed by atoms with van der Waals surface area (Å²) in [6.45, 7) is 0. The number of fused-ring (bicyclic) bond motifs is 3. The van der Waals surface area contributed by atoms with Gasteiger partial charge >= 0.3 is 0 Å². The first kappa shape index (κ1) is 15.9. The van der Waals surface area contributed by atoms with E-state index < -0.39 is 0 Å². The molecule has 0 spiro atoms. The summed E-state index contributed by atoms with van der Waals surface area (Å²) < 4.78 is 3.65. The van der Waals surface area contributed by atoms with Crippen molar-refractivity contribution in [2.75, 3.05) is 0 Å². The summed E-state index contributed by atoms with van der Waals surface area (Å²) in [4.78, 5) is 0. The van der Waals surface area contributed by atoms with Gasteiger partial charge in [0.2, 0.25) is 0 Å². The number of hydrogen-bond acceptors (Lipinski definition) is 0. The van der Waals surface area contributed by atoms with Gasteiger partial charge in [-0.1, -0.05) is 42.5 Å². The van der Waals surface area contributed by atoms with Crippen LogP contribution in [0.1, 0.15) is 18.4 Å². The Morgan fingerprint density at radius 1 is 0.808 bits per heavy atom. The van der Waals surface area contributed by atoms with Crippen LogP contribution < -0.4 is 0 Å². The van der Waals surface area contributed by atoms with Gasteiger partial charge in [0.05, 0.1) is 11.0 Å². The third-order valence-corrected chi connectivity index (χ3v) is 5.80. The lowest BCUT2D eigenvalue weighted by molar-refractivity contribution is 1.05. The lowest BCUT2D eigenvalue weighted by Crippen LogP contribution is -1.93. The van der Waals surface area contributed by atoms with E-state index in [0.717, 1.165) is 12.8 Å². The van der Waals surface area contributed by atoms with Crippen LogP contribution >= 0.6 is 22.6 Å². The van der Waals surface area contributed by atoms with Gasteiger partial charge in [0.1, 0.15) is 0 Å². The molecule has 3 aromatic carbocycles. The van der Waals surface area contributed by atoms with Gasteiger partial charge in [-0.15, -0.1) is 0 Å². The third-order valence-electron chi connectivity index (χ3n) is 5.13. The van der Waals surface area contributed by atoms with Crippen LogP contribution in [0.25, 0.3) is 33.1 Å². The summed E-state index contributed by atoms with van der Waals surface area (Å²) in [5, 5.41) is 2.65. The Morgan fingerprint density at radius 2 is 1.58 bits per heavy atom. The zero-order chi connectivity index (χ0) is 17.5. The van der Waals surface area contributed by atoms with Crippen LogP contribution in [0.5, 0.6) is 0 Å². The number of aromatic nitrogens is 1. The molecule has 1 aliphatic rings. The first-order valence-electron chi connectivity index (χ1n) is 8.96. The van der Waals surface area contributed by atoms with E-state index in [1.165, 1.54) is 42.2 Å². The highest BCUT2D eigenvalue weighted by molar-refractivity contribution is 14.1. The van der Waals surface area contributed by atoms with Crippen molar-refractivity contribution in [2.45, 2.75) is 12.8 Å². The van der Waals surface area contributed by atoms with Crippen LogP contribution in [-0.2, 0) is 0 Å². The number of rotatable bonds is 2. The van der Waals surface area contributed by atoms with E-state index in [1.807, 2.05) is 0 Å². The van der Waals surface area contributed by atoms with Crippen molar-refractivity contribution >= 4 is 50.0 Å². The molecule has 0 N–H and O–H groups in total. The van der Waals surface area contributed by atoms with Crippen molar-refractivity contribution in [1.29, 1.82) is 0 Å². The average molecular weight is 447 g/mol. The van der Waals surface area contributed by atoms with E-state index in [2.05, 4.69) is 112 Å². The number of benzene rings is 3. The molecule has 1 nitrogen and oxygen atoms in total. The minimum Gasteiger partial charge on any atom is -0.309 e. The fourth-order valence-corrected chi connectivity index (χ4v) is 4.38. The predicted octanol–water partition coefficient (Wildman–Crippen LogP) is 7.12. The van der Waals surface area contributed by atoms with Crippen molar-refractivity contribution in [3.8, 4) is 5.69 Å². The molecule has 0 aliphatic heterocycles. The van der Waals surface area contributed by atoms with Crippen molar-refractivity contribution in [2.24, 2.45) is 0 Å². The molecule has 126 valence electrons. The van der Waals surface area contributed by atoms with Crippen LogP contribution in [0.4, 0.5) is 0 Å². The number of para-hydroxylation sites is 1. The molecule has 0 atom stereocenters. The standard InChI is InChI=1S/C24H18IN/c25-19-12-14-24-22(16-19)21-15-18(17-7-3-1-4-8-17)11-13-23(21)26(24)20-9-5-2-6-10-20/h1-3,5-7,9-16H,4,8H2. The summed E-state index contributed by atoms with van der Waals surface area (Å²) >= 11 is 2.41. The first-order valence-corrected chi connectivity index (χ1v) is 10.0. The van der Waals surface area contributed by atoms with Crippen LogP contribution in [0, 0.1) is 3.57 Å². The summed E-state index contributed by atoms with van der Waals surface area (Å²) in [7, 11) is 0. The third kappa shape index (κ3) is 2.60. The van der Waals surface area contributed by atoms with Gasteiger partial charge in [-0.25, -0.2) is 0 Å². The minimum atomic E-state index is 1.12. The maximum atomic E-state index is 2.41. The molecule has 0 amide bonds. The summed E-state index contributed by atoms with van der Waals surface area (Å²) in [5.74, 6) is 0. The topological polar surface area (TPSA) is 4.93 Å². The molecule has 26 heavy (non-hydrogen) atoms. The van der Waals surface area contributed by atoms with Gasteiger partial charge in [0, 0.05) is 20.0 Å². The highest BCUT2D eigenvalue weighted by Crippen LogP contribution is 2.35. The zero-order valence-electron chi connectivity index (χ0n) is 14.3. The Kier molecular flexibility index (Phi) is 3.93. The van der Waals surface area contributed by atoms with Gasteiger partial charge in [0.25, 0.3) is 0 Å². The maximum absolute atomic E-state index is 2.41. The average Bonchev–Trinajstić information content (AvgIpc) is 3.02. The van der Waals surface area contributed by atoms with Gasteiger partial charge in [0.15, 0.2) is 0 Å². The molecule has 4 aromatic rings. The molecule has 0 bridgehead atoms. The normalized spacial score (nSPS) is 14.1. The molecule has 0 fully saturated rings. The Hall–Kier alpha value is -2.33. The van der Waals surface area contributed by atoms with Crippen LogP contribution in [0.3, 0.4) is 0 Å². The summed E-state index contributed by atoms with van der Waals surface area (Å²) in [6, 6.07) is 24.3. The lowest BCUT2D eigenvalue weighted by atomic mass is 9.96. The maximum Gasteiger partial charge on any atom is 0.0541 e. The van der Waals surface area contributed by atoms with Gasteiger partial charge < -0.3 is 4.57 Å². The monoisotopic (exact) mass is 447 g/mol. The molecule has 1 aliphatic carbocycles. The first-order chi connectivity index (χ1) is 12.8. The molecule has 0 saturated carbocycles. The van der Waals surface area contributed by atoms with Crippen LogP contribution in [0.2, 0.25) is 0 Å². The molecular weight excluding hydrogens is 429 g/mol. The van der Waals surface area contributed by atoms with E-state index in [-0.39, 0.29) is 0 Å². The van der Waals surface area contributed by atoms with E-state index in [1.54, 1.807) is 0 Å². The fourth-order valence-electron chi connectivity index (χ4n) is 3.89. The molecule has 1 heterocycles. The van der Waals surface area contributed by atoms with Gasteiger partial charge in [-0.05, 0) is 89.0 Å². The van der Waals surface area contributed by atoms with E-state index >= 15 is 0 Å². The van der Waals surface area contributed by atoms with Crippen molar-refractivity contribution in [3.63, 3.8) is 0 Å². The van der Waals surface area contributed by atoms with E-state index in [9.17, 15) is 0 Å². The Bertz CT molecular complexity index is 1180. The SMILES string of the molecule is Ic1ccc2c(c1)c1cc(C3=CC=CCC3)ccc1n2-c1ccccc1. The molecule has 0 unspecified atom stereocenters. The second-order valence-electron chi connectivity index (χ2n) is 6.72. The summed E-state index contributed by atoms with van der Waals surface area (Å²) in [5.41, 5.74) is 6.51. The Balaban J connectivity index is 1.84. The summed E-state index contributed by atoms with van der Waals surface area (Å²) in [6.07, 6.45) is 8.93. The number of hydrogen-bond donors (Lipinski definition) is 0. The second-order valence-corrected chi connectivity index (χ2v) is 7.97. The van der Waals surface area contributed by atoms with Gasteiger partial charge in [-0.2, -0.15) is 0 Å². The zero-order valence-corrected chi connectivity index (χ0v) is 16.5. The minimum absolute atomic E-state index is 1.12. The largest absolute Gasteiger partial charge is 0.309 e. The second kappa shape index (κ2) is 6.44. The predicted molar refractivity (Wildman–Crippen MR) is 120 cm³/mol. The highest BCUT2D eigenvalue weighted by Gasteiger charge is 2.14. The molecular formula is C24H18IN. The lowest BCUT2D eigenvalue weighted by Gasteiger charge is -2.10. The number of allylic oxidation sites excluding steroid dienone is 4.